The van der Waals surface area contributed by atoms with E-state index < -0.39 is 11.8 Å². The van der Waals surface area contributed by atoms with Crippen molar-refractivity contribution in [1.82, 2.24) is 9.78 Å². The van der Waals surface area contributed by atoms with Gasteiger partial charge in [0.2, 0.25) is 0 Å². The van der Waals surface area contributed by atoms with Crippen molar-refractivity contribution in [3.63, 3.8) is 0 Å². The van der Waals surface area contributed by atoms with Gasteiger partial charge in [-0.3, -0.25) is 0 Å². The van der Waals surface area contributed by atoms with Gasteiger partial charge in [0.1, 0.15) is 5.69 Å². The van der Waals surface area contributed by atoms with Gasteiger partial charge < -0.3 is 5.11 Å². The Bertz CT molecular complexity index is 697. The molecule has 1 aliphatic carbocycles. The molecule has 0 fully saturated rings. The van der Waals surface area contributed by atoms with Crippen LogP contribution in [0.15, 0.2) is 18.2 Å². The van der Waals surface area contributed by atoms with Crippen LogP contribution in [-0.4, -0.2) is 20.9 Å². The lowest BCUT2D eigenvalue weighted by Gasteiger charge is -2.14. The number of carboxylic acid groups (broad SMARTS) is 1. The van der Waals surface area contributed by atoms with Crippen LogP contribution in [0.3, 0.4) is 0 Å². The van der Waals surface area contributed by atoms with Crippen LogP contribution in [0.5, 0.6) is 0 Å². The highest BCUT2D eigenvalue weighted by atomic mass is 35.5. The van der Waals surface area contributed by atoms with Crippen molar-refractivity contribution in [1.29, 1.82) is 0 Å². The largest absolute Gasteiger partial charge is 0.476 e. The van der Waals surface area contributed by atoms with Gasteiger partial charge in [-0.2, -0.15) is 5.10 Å². The first-order chi connectivity index (χ1) is 9.59. The summed E-state index contributed by atoms with van der Waals surface area (Å²) in [5.74, 6) is -1.66. The maximum Gasteiger partial charge on any atom is 0.356 e. The summed E-state index contributed by atoms with van der Waals surface area (Å²) in [5.41, 5.74) is 1.69. The molecule has 0 unspecified atom stereocenters. The number of carbonyl (C=O) groups is 1. The minimum atomic E-state index is -1.08. The fourth-order valence-electron chi connectivity index (χ4n) is 2.63. The van der Waals surface area contributed by atoms with Crippen molar-refractivity contribution in [2.45, 2.75) is 25.7 Å². The van der Waals surface area contributed by atoms with E-state index in [0.717, 1.165) is 18.5 Å². The minimum Gasteiger partial charge on any atom is -0.476 e. The number of nitrogens with zero attached hydrogens (tertiary/aromatic N) is 2. The first-order valence-corrected chi connectivity index (χ1v) is 6.76. The molecule has 0 atom stereocenters. The Kier molecular flexibility index (Phi) is 3.22. The highest BCUT2D eigenvalue weighted by Crippen LogP contribution is 2.29. The van der Waals surface area contributed by atoms with E-state index >= 15 is 0 Å². The minimum absolute atomic E-state index is 0.000524. The lowest BCUT2D eigenvalue weighted by atomic mass is 9.95. The van der Waals surface area contributed by atoms with E-state index in [4.69, 9.17) is 11.6 Å². The van der Waals surface area contributed by atoms with E-state index in [0.29, 0.717) is 18.4 Å². The monoisotopic (exact) mass is 294 g/mol. The summed E-state index contributed by atoms with van der Waals surface area (Å²) < 4.78 is 15.5. The number of aromatic carboxylic acids is 1. The number of rotatable bonds is 2. The van der Waals surface area contributed by atoms with E-state index in [2.05, 4.69) is 5.10 Å². The van der Waals surface area contributed by atoms with Gasteiger partial charge in [-0.1, -0.05) is 17.7 Å². The Morgan fingerprint density at radius 2 is 2.10 bits per heavy atom. The molecule has 1 aliphatic rings. The molecule has 0 radical (unpaired) electrons. The first-order valence-electron chi connectivity index (χ1n) is 6.38. The van der Waals surface area contributed by atoms with Gasteiger partial charge in [0.15, 0.2) is 11.5 Å². The Labute approximate surface area is 119 Å². The second kappa shape index (κ2) is 4.90. The molecule has 1 N–H and O–H groups in total. The Morgan fingerprint density at radius 3 is 2.85 bits per heavy atom. The second-order valence-electron chi connectivity index (χ2n) is 4.77. The van der Waals surface area contributed by atoms with Gasteiger partial charge in [-0.15, -0.1) is 0 Å². The molecular formula is C14H12ClFN2O2. The molecule has 0 saturated carbocycles. The lowest BCUT2D eigenvalue weighted by molar-refractivity contribution is 0.0688. The summed E-state index contributed by atoms with van der Waals surface area (Å²) in [6.45, 7) is 0. The summed E-state index contributed by atoms with van der Waals surface area (Å²) >= 11 is 5.78. The highest BCUT2D eigenvalue weighted by Gasteiger charge is 2.26. The van der Waals surface area contributed by atoms with Crippen molar-refractivity contribution < 1.29 is 14.3 Å². The molecule has 20 heavy (non-hydrogen) atoms. The molecule has 4 nitrogen and oxygen atoms in total. The Balaban J connectivity index is 2.24. The molecule has 1 heterocycles. The first kappa shape index (κ1) is 13.1. The molecule has 0 bridgehead atoms. The fraction of sp³-hybridized carbons (Fsp3) is 0.286. The summed E-state index contributed by atoms with van der Waals surface area (Å²) in [4.78, 5) is 11.3. The maximum absolute atomic E-state index is 14.1. The highest BCUT2D eigenvalue weighted by molar-refractivity contribution is 6.30. The zero-order valence-corrected chi connectivity index (χ0v) is 11.3. The van der Waals surface area contributed by atoms with Gasteiger partial charge in [0.25, 0.3) is 0 Å². The molecule has 0 amide bonds. The third-order valence-corrected chi connectivity index (χ3v) is 3.83. The van der Waals surface area contributed by atoms with Crippen LogP contribution in [0.1, 0.15) is 34.6 Å². The van der Waals surface area contributed by atoms with Crippen LogP contribution in [0, 0.1) is 5.82 Å². The number of hydrogen-bond donors (Lipinski definition) is 1. The zero-order valence-electron chi connectivity index (χ0n) is 10.6. The Morgan fingerprint density at radius 1 is 1.35 bits per heavy atom. The summed E-state index contributed by atoms with van der Waals surface area (Å²) in [5, 5.41) is 13.3. The van der Waals surface area contributed by atoms with E-state index in [-0.39, 0.29) is 16.4 Å². The van der Waals surface area contributed by atoms with E-state index in [1.165, 1.54) is 10.7 Å². The summed E-state index contributed by atoms with van der Waals surface area (Å²) in [6, 6.07) is 4.63. The van der Waals surface area contributed by atoms with Gasteiger partial charge in [-0.25, -0.2) is 13.9 Å². The molecule has 0 aliphatic heterocycles. The average Bonchev–Trinajstić information content (AvgIpc) is 2.82. The SMILES string of the molecule is O=C(O)c1nn(-c2cccc(Cl)c2F)c2c1CCCC2. The number of halogens is 2. The average molecular weight is 295 g/mol. The lowest BCUT2D eigenvalue weighted by Crippen LogP contribution is -2.09. The van der Waals surface area contributed by atoms with Crippen LogP contribution in [0.4, 0.5) is 4.39 Å². The zero-order chi connectivity index (χ0) is 14.3. The van der Waals surface area contributed by atoms with Gasteiger partial charge in [-0.05, 0) is 37.8 Å². The molecule has 1 aromatic heterocycles. The van der Waals surface area contributed by atoms with Crippen LogP contribution in [0.2, 0.25) is 5.02 Å². The molecule has 0 saturated heterocycles. The molecule has 3 rings (SSSR count). The van der Waals surface area contributed by atoms with Crippen molar-refractivity contribution in [2.75, 3.05) is 0 Å². The van der Waals surface area contributed by atoms with Crippen LogP contribution in [-0.2, 0) is 12.8 Å². The second-order valence-corrected chi connectivity index (χ2v) is 5.18. The molecule has 0 spiro atoms. The van der Waals surface area contributed by atoms with Crippen molar-refractivity contribution in [3.05, 3.63) is 46.0 Å². The Hall–Kier alpha value is -1.88. The topological polar surface area (TPSA) is 55.1 Å². The van der Waals surface area contributed by atoms with E-state index in [9.17, 15) is 14.3 Å². The van der Waals surface area contributed by atoms with Gasteiger partial charge in [0, 0.05) is 11.3 Å². The van der Waals surface area contributed by atoms with Crippen molar-refractivity contribution in [3.8, 4) is 5.69 Å². The standard InChI is InChI=1S/C14H12ClFN2O2/c15-9-5-3-7-11(12(9)16)18-10-6-2-1-4-8(10)13(17-18)14(19)20/h3,5,7H,1-2,4,6H2,(H,19,20). The third-order valence-electron chi connectivity index (χ3n) is 3.54. The maximum atomic E-state index is 14.1. The molecular weight excluding hydrogens is 283 g/mol. The number of benzene rings is 1. The van der Waals surface area contributed by atoms with Gasteiger partial charge in [0.05, 0.1) is 5.02 Å². The predicted octanol–water partition coefficient (Wildman–Crippen LogP) is 3.24. The quantitative estimate of drug-likeness (QED) is 0.925. The third kappa shape index (κ3) is 1.98. The summed E-state index contributed by atoms with van der Waals surface area (Å²) in [6.07, 6.45) is 3.23. The molecule has 2 aromatic rings. The molecule has 104 valence electrons. The van der Waals surface area contributed by atoms with Crippen LogP contribution in [0.25, 0.3) is 5.69 Å². The van der Waals surface area contributed by atoms with E-state index in [1.807, 2.05) is 0 Å². The smallest absolute Gasteiger partial charge is 0.356 e. The van der Waals surface area contributed by atoms with Crippen LogP contribution >= 0.6 is 11.6 Å². The van der Waals surface area contributed by atoms with Crippen LogP contribution < -0.4 is 0 Å². The van der Waals surface area contributed by atoms with Gasteiger partial charge >= 0.3 is 5.97 Å². The number of hydrogen-bond acceptors (Lipinski definition) is 2. The molecule has 6 heteroatoms. The summed E-state index contributed by atoms with van der Waals surface area (Å²) in [7, 11) is 0. The van der Waals surface area contributed by atoms with Crippen molar-refractivity contribution in [2.24, 2.45) is 0 Å². The normalized spacial score (nSPS) is 14.1. The predicted molar refractivity (Wildman–Crippen MR) is 72.1 cm³/mol. The van der Waals surface area contributed by atoms with E-state index in [1.54, 1.807) is 12.1 Å². The number of fused-ring (bicyclic) bond motifs is 1. The molecule has 1 aromatic carbocycles. The number of carboxylic acids is 1. The fourth-order valence-corrected chi connectivity index (χ4v) is 2.80. The van der Waals surface area contributed by atoms with Crippen molar-refractivity contribution >= 4 is 17.6 Å². The number of aromatic nitrogens is 2.